The summed E-state index contributed by atoms with van der Waals surface area (Å²) in [4.78, 5) is 13.3. The molecule has 1 aromatic rings. The van der Waals surface area contributed by atoms with Crippen LogP contribution in [-0.4, -0.2) is 31.7 Å². The molecule has 1 aliphatic rings. The van der Waals surface area contributed by atoms with Crippen LogP contribution in [0.3, 0.4) is 0 Å². The third-order valence-corrected chi connectivity index (χ3v) is 3.32. The number of carbonyl (C=O) groups excluding carboxylic acids is 1. The molecule has 1 aliphatic heterocycles. The fraction of sp³-hybridized carbons (Fsp3) is 0.462. The van der Waals surface area contributed by atoms with E-state index in [-0.39, 0.29) is 0 Å². The first-order chi connectivity index (χ1) is 8.63. The van der Waals surface area contributed by atoms with Gasteiger partial charge >= 0.3 is 0 Å². The molecular weight excluding hydrogens is 230 g/mol. The number of anilines is 2. The second kappa shape index (κ2) is 5.27. The van der Waals surface area contributed by atoms with Crippen LogP contribution >= 0.6 is 0 Å². The number of hydrogen-bond donors (Lipinski definition) is 2. The van der Waals surface area contributed by atoms with E-state index in [1.165, 1.54) is 0 Å². The van der Waals surface area contributed by atoms with Crippen LogP contribution in [0.1, 0.15) is 23.7 Å². The average molecular weight is 249 g/mol. The molecule has 1 amide bonds. The highest BCUT2D eigenvalue weighted by molar-refractivity contribution is 5.94. The highest BCUT2D eigenvalue weighted by atomic mass is 16.5. The van der Waals surface area contributed by atoms with Gasteiger partial charge in [0, 0.05) is 12.1 Å². The number of primary amides is 1. The zero-order valence-electron chi connectivity index (χ0n) is 10.6. The van der Waals surface area contributed by atoms with Gasteiger partial charge < -0.3 is 21.1 Å². The summed E-state index contributed by atoms with van der Waals surface area (Å²) in [5.74, 6) is -0.456. The Kier molecular flexibility index (Phi) is 3.72. The summed E-state index contributed by atoms with van der Waals surface area (Å²) >= 11 is 0. The minimum absolute atomic E-state index is 0.334. The number of ether oxygens (including phenoxy) is 1. The van der Waals surface area contributed by atoms with Gasteiger partial charge in [-0.2, -0.15) is 0 Å². The minimum atomic E-state index is -0.456. The van der Waals surface area contributed by atoms with Crippen molar-refractivity contribution in [3.63, 3.8) is 0 Å². The highest BCUT2D eigenvalue weighted by Crippen LogP contribution is 2.28. The number of morpholine rings is 1. The predicted molar refractivity (Wildman–Crippen MR) is 71.6 cm³/mol. The van der Waals surface area contributed by atoms with Gasteiger partial charge in [0.2, 0.25) is 5.91 Å². The van der Waals surface area contributed by atoms with Crippen LogP contribution in [-0.2, 0) is 4.74 Å². The SMILES string of the molecule is CCC1COCCN1c1ccc(C(N)=O)cc1N. The lowest BCUT2D eigenvalue weighted by molar-refractivity contribution is 0.0930. The number of benzene rings is 1. The molecular formula is C13H19N3O2. The van der Waals surface area contributed by atoms with E-state index in [2.05, 4.69) is 11.8 Å². The van der Waals surface area contributed by atoms with E-state index in [4.69, 9.17) is 16.2 Å². The molecule has 0 bridgehead atoms. The summed E-state index contributed by atoms with van der Waals surface area (Å²) in [5, 5.41) is 0. The van der Waals surface area contributed by atoms with Crippen LogP contribution in [0.4, 0.5) is 11.4 Å². The summed E-state index contributed by atoms with van der Waals surface area (Å²) < 4.78 is 5.47. The number of nitrogen functional groups attached to an aromatic ring is 1. The zero-order chi connectivity index (χ0) is 13.1. The Balaban J connectivity index is 2.29. The van der Waals surface area contributed by atoms with Crippen LogP contribution in [0.25, 0.3) is 0 Å². The van der Waals surface area contributed by atoms with Gasteiger partial charge in [0.1, 0.15) is 0 Å². The van der Waals surface area contributed by atoms with Gasteiger partial charge in [-0.25, -0.2) is 0 Å². The fourth-order valence-electron chi connectivity index (χ4n) is 2.28. The zero-order valence-corrected chi connectivity index (χ0v) is 10.6. The van der Waals surface area contributed by atoms with Crippen LogP contribution < -0.4 is 16.4 Å². The molecule has 0 radical (unpaired) electrons. The Bertz CT molecular complexity index is 448. The quantitative estimate of drug-likeness (QED) is 0.782. The van der Waals surface area contributed by atoms with Gasteiger partial charge in [-0.3, -0.25) is 4.79 Å². The number of nitrogens with two attached hydrogens (primary N) is 2. The maximum Gasteiger partial charge on any atom is 0.248 e. The van der Waals surface area contributed by atoms with Crippen molar-refractivity contribution in [3.05, 3.63) is 23.8 Å². The Morgan fingerprint density at radius 1 is 1.56 bits per heavy atom. The third kappa shape index (κ3) is 2.41. The standard InChI is InChI=1S/C13H19N3O2/c1-2-10-8-18-6-5-16(10)12-4-3-9(13(15)17)7-11(12)14/h3-4,7,10H,2,5-6,8,14H2,1H3,(H2,15,17). The normalized spacial score (nSPS) is 19.8. The lowest BCUT2D eigenvalue weighted by Gasteiger charge is -2.37. The monoisotopic (exact) mass is 249 g/mol. The molecule has 18 heavy (non-hydrogen) atoms. The van der Waals surface area contributed by atoms with Gasteiger partial charge in [-0.05, 0) is 24.6 Å². The van der Waals surface area contributed by atoms with Crippen molar-refractivity contribution < 1.29 is 9.53 Å². The highest BCUT2D eigenvalue weighted by Gasteiger charge is 2.23. The van der Waals surface area contributed by atoms with Gasteiger partial charge in [-0.15, -0.1) is 0 Å². The minimum Gasteiger partial charge on any atom is -0.397 e. The van der Waals surface area contributed by atoms with Crippen LogP contribution in [0.2, 0.25) is 0 Å². The number of carbonyl (C=O) groups is 1. The van der Waals surface area contributed by atoms with E-state index in [1.807, 2.05) is 6.07 Å². The molecule has 4 N–H and O–H groups in total. The smallest absolute Gasteiger partial charge is 0.248 e. The van der Waals surface area contributed by atoms with Gasteiger partial charge in [0.05, 0.1) is 30.6 Å². The molecule has 2 rings (SSSR count). The molecule has 5 heteroatoms. The summed E-state index contributed by atoms with van der Waals surface area (Å²) in [6, 6.07) is 5.56. The molecule has 5 nitrogen and oxygen atoms in total. The van der Waals surface area contributed by atoms with Crippen LogP contribution in [0.15, 0.2) is 18.2 Å². The maximum absolute atomic E-state index is 11.1. The van der Waals surface area contributed by atoms with Crippen molar-refractivity contribution in [1.82, 2.24) is 0 Å². The second-order valence-corrected chi connectivity index (χ2v) is 4.47. The largest absolute Gasteiger partial charge is 0.397 e. The molecule has 1 saturated heterocycles. The third-order valence-electron chi connectivity index (χ3n) is 3.32. The molecule has 1 fully saturated rings. The second-order valence-electron chi connectivity index (χ2n) is 4.47. The van der Waals surface area contributed by atoms with Crippen molar-refractivity contribution >= 4 is 17.3 Å². The van der Waals surface area contributed by atoms with E-state index in [1.54, 1.807) is 12.1 Å². The fourth-order valence-corrected chi connectivity index (χ4v) is 2.28. The number of nitrogens with zero attached hydrogens (tertiary/aromatic N) is 1. The summed E-state index contributed by atoms with van der Waals surface area (Å²) in [6.45, 7) is 4.36. The molecule has 1 heterocycles. The van der Waals surface area contributed by atoms with Crippen LogP contribution in [0.5, 0.6) is 0 Å². The van der Waals surface area contributed by atoms with Gasteiger partial charge in [0.25, 0.3) is 0 Å². The Morgan fingerprint density at radius 3 is 2.94 bits per heavy atom. The van der Waals surface area contributed by atoms with Crippen molar-refractivity contribution in [1.29, 1.82) is 0 Å². The molecule has 1 unspecified atom stereocenters. The molecule has 0 aromatic heterocycles. The summed E-state index contributed by atoms with van der Waals surface area (Å²) in [5.41, 5.74) is 13.2. The van der Waals surface area contributed by atoms with Crippen molar-refractivity contribution in [3.8, 4) is 0 Å². The number of rotatable bonds is 3. The molecule has 0 saturated carbocycles. The van der Waals surface area contributed by atoms with Crippen molar-refractivity contribution in [2.45, 2.75) is 19.4 Å². The molecule has 1 aromatic carbocycles. The maximum atomic E-state index is 11.1. The Hall–Kier alpha value is -1.75. The Morgan fingerprint density at radius 2 is 2.33 bits per heavy atom. The first kappa shape index (κ1) is 12.7. The predicted octanol–water partition coefficient (Wildman–Crippen LogP) is 0.983. The van der Waals surface area contributed by atoms with E-state index in [9.17, 15) is 4.79 Å². The van der Waals surface area contributed by atoms with E-state index in [0.29, 0.717) is 30.5 Å². The topological polar surface area (TPSA) is 81.6 Å². The van der Waals surface area contributed by atoms with E-state index in [0.717, 1.165) is 18.7 Å². The summed E-state index contributed by atoms with van der Waals surface area (Å²) in [6.07, 6.45) is 0.997. The molecule has 98 valence electrons. The lowest BCUT2D eigenvalue weighted by Crippen LogP contribution is -2.45. The lowest BCUT2D eigenvalue weighted by atomic mass is 10.1. The average Bonchev–Trinajstić information content (AvgIpc) is 2.38. The van der Waals surface area contributed by atoms with E-state index >= 15 is 0 Å². The first-order valence-electron chi connectivity index (χ1n) is 6.17. The van der Waals surface area contributed by atoms with Gasteiger partial charge in [0.15, 0.2) is 0 Å². The number of hydrogen-bond acceptors (Lipinski definition) is 4. The van der Waals surface area contributed by atoms with Crippen molar-refractivity contribution in [2.75, 3.05) is 30.4 Å². The molecule has 0 spiro atoms. The van der Waals surface area contributed by atoms with Gasteiger partial charge in [-0.1, -0.05) is 6.92 Å². The Labute approximate surface area is 107 Å². The van der Waals surface area contributed by atoms with E-state index < -0.39 is 5.91 Å². The number of amides is 1. The van der Waals surface area contributed by atoms with Crippen molar-refractivity contribution in [2.24, 2.45) is 5.73 Å². The summed E-state index contributed by atoms with van der Waals surface area (Å²) in [7, 11) is 0. The molecule has 0 aliphatic carbocycles. The first-order valence-corrected chi connectivity index (χ1v) is 6.17. The molecule has 1 atom stereocenters. The van der Waals surface area contributed by atoms with Crippen LogP contribution in [0, 0.1) is 0 Å².